The Bertz CT molecular complexity index is 49.2. The molecule has 0 spiro atoms. The van der Waals surface area contributed by atoms with Gasteiger partial charge in [-0.1, -0.05) is 0 Å². The fraction of sp³-hybridized carbons (Fsp3) is 1.00. The summed E-state index contributed by atoms with van der Waals surface area (Å²) < 4.78 is 4.99. The third-order valence-electron chi connectivity index (χ3n) is 1.30. The van der Waals surface area contributed by atoms with E-state index in [4.69, 9.17) is 0 Å². The van der Waals surface area contributed by atoms with Crippen molar-refractivity contribution < 1.29 is 21.5 Å². The Kier molecular flexibility index (Phi) is 10.4. The summed E-state index contributed by atoms with van der Waals surface area (Å²) in [5.74, 6) is 0. The van der Waals surface area contributed by atoms with Gasteiger partial charge in [0.1, 0.15) is 0 Å². The molecular formula is C8H19IN-. The van der Waals surface area contributed by atoms with Crippen molar-refractivity contribution in [1.82, 2.24) is 3.53 Å². The van der Waals surface area contributed by atoms with Crippen molar-refractivity contribution in [2.45, 2.75) is 39.5 Å². The average molecular weight is 256 g/mol. The van der Waals surface area contributed by atoms with E-state index in [1.807, 2.05) is 0 Å². The van der Waals surface area contributed by atoms with E-state index in [0.717, 1.165) is 0 Å². The molecule has 64 valence electrons. The third kappa shape index (κ3) is 8.69. The zero-order chi connectivity index (χ0) is 7.66. The molecule has 0 aromatic heterocycles. The number of hydrogen-bond donors (Lipinski definition) is 1. The first kappa shape index (κ1) is 10.7. The van der Waals surface area contributed by atoms with E-state index in [2.05, 4.69) is 17.4 Å². The Morgan fingerprint density at radius 3 is 2.40 bits per heavy atom. The van der Waals surface area contributed by atoms with E-state index >= 15 is 0 Å². The van der Waals surface area contributed by atoms with E-state index < -0.39 is 0 Å². The second-order valence-electron chi connectivity index (χ2n) is 2.41. The number of nitrogens with one attached hydrogen (secondary N) is 1. The molecular weight excluding hydrogens is 237 g/mol. The minimum atomic E-state index is 0.356. The van der Waals surface area contributed by atoms with Crippen molar-refractivity contribution in [3.8, 4) is 0 Å². The van der Waals surface area contributed by atoms with Gasteiger partial charge in [-0.25, -0.2) is 0 Å². The van der Waals surface area contributed by atoms with E-state index in [1.54, 1.807) is 0 Å². The van der Waals surface area contributed by atoms with E-state index in [1.165, 1.54) is 36.7 Å². The molecule has 0 aliphatic rings. The zero-order valence-corrected chi connectivity index (χ0v) is 9.28. The zero-order valence-electron chi connectivity index (χ0n) is 7.12. The van der Waals surface area contributed by atoms with Crippen LogP contribution < -0.4 is 25.0 Å². The molecule has 0 amide bonds. The van der Waals surface area contributed by atoms with Crippen LogP contribution in [-0.2, 0) is 0 Å². The number of hydrogen-bond acceptors (Lipinski definition) is 1. The van der Waals surface area contributed by atoms with Gasteiger partial charge in [-0.15, -0.1) is 0 Å². The van der Waals surface area contributed by atoms with Crippen LogP contribution in [0.25, 0.3) is 0 Å². The van der Waals surface area contributed by atoms with Gasteiger partial charge in [-0.05, 0) is 0 Å². The van der Waals surface area contributed by atoms with Gasteiger partial charge in [-0.2, -0.15) is 0 Å². The maximum absolute atomic E-state index is 3.53. The average Bonchev–Trinajstić information content (AvgIpc) is 1.97. The Morgan fingerprint density at radius 1 is 1.10 bits per heavy atom. The Balaban J connectivity index is 2.65. The molecule has 1 N–H and O–H groups in total. The first-order chi connectivity index (χ1) is 4.91. The molecule has 0 aliphatic carbocycles. The fourth-order valence-electron chi connectivity index (χ4n) is 0.578. The minimum absolute atomic E-state index is 0.356. The Hall–Kier alpha value is 0.690. The quantitative estimate of drug-likeness (QED) is 0.272. The molecule has 0 fully saturated rings. The van der Waals surface area contributed by atoms with Crippen molar-refractivity contribution in [3.05, 3.63) is 0 Å². The molecule has 0 aliphatic heterocycles. The molecule has 0 bridgehead atoms. The Labute approximate surface area is 75.6 Å². The van der Waals surface area contributed by atoms with Crippen LogP contribution in [0.15, 0.2) is 0 Å². The summed E-state index contributed by atoms with van der Waals surface area (Å²) in [7, 11) is 0. The molecule has 0 radical (unpaired) electrons. The standard InChI is InChI=1S/C8H19IN/c1-3-5-7-9-10-8-6-4-2/h10H,3-8H2,1-2H3/q-1. The van der Waals surface area contributed by atoms with E-state index in [-0.39, 0.29) is 0 Å². The second-order valence-corrected chi connectivity index (χ2v) is 5.02. The third-order valence-corrected chi connectivity index (χ3v) is 3.68. The first-order valence-electron chi connectivity index (χ1n) is 4.22. The molecule has 0 unspecified atom stereocenters. The van der Waals surface area contributed by atoms with Crippen molar-refractivity contribution in [3.63, 3.8) is 0 Å². The maximum atomic E-state index is 3.53. The second kappa shape index (κ2) is 9.69. The fourth-order valence-corrected chi connectivity index (χ4v) is 2.87. The van der Waals surface area contributed by atoms with Gasteiger partial charge in [0, 0.05) is 0 Å². The summed E-state index contributed by atoms with van der Waals surface area (Å²) in [6.45, 7) is 5.76. The van der Waals surface area contributed by atoms with Crippen LogP contribution in [0.3, 0.4) is 0 Å². The van der Waals surface area contributed by atoms with Crippen molar-refractivity contribution in [1.29, 1.82) is 0 Å². The van der Waals surface area contributed by atoms with Crippen LogP contribution in [0.2, 0.25) is 0 Å². The van der Waals surface area contributed by atoms with Crippen LogP contribution in [-0.4, -0.2) is 11.0 Å². The predicted octanol–water partition coefficient (Wildman–Crippen LogP) is -0.820. The van der Waals surface area contributed by atoms with Crippen LogP contribution >= 0.6 is 0 Å². The molecule has 0 saturated heterocycles. The van der Waals surface area contributed by atoms with Crippen LogP contribution in [0.1, 0.15) is 39.5 Å². The predicted molar refractivity (Wildman–Crippen MR) is 42.7 cm³/mol. The molecule has 2 heteroatoms. The summed E-state index contributed by atoms with van der Waals surface area (Å²) in [5.41, 5.74) is 0. The van der Waals surface area contributed by atoms with Gasteiger partial charge in [0.05, 0.1) is 0 Å². The molecule has 0 aromatic rings. The first-order valence-corrected chi connectivity index (χ1v) is 6.83. The van der Waals surface area contributed by atoms with Crippen LogP contribution in [0.5, 0.6) is 0 Å². The topological polar surface area (TPSA) is 12.0 Å². The van der Waals surface area contributed by atoms with E-state index in [0.29, 0.717) is 21.5 Å². The summed E-state index contributed by atoms with van der Waals surface area (Å²) in [6, 6.07) is 0. The SMILES string of the molecule is CCCCN[I-]CCCC. The van der Waals surface area contributed by atoms with Crippen molar-refractivity contribution in [2.24, 2.45) is 0 Å². The molecule has 0 saturated carbocycles. The summed E-state index contributed by atoms with van der Waals surface area (Å²) in [6.07, 6.45) is 5.46. The molecule has 0 aromatic carbocycles. The number of alkyl halides is 1. The molecule has 0 heterocycles. The summed E-state index contributed by atoms with van der Waals surface area (Å²) >= 11 is 0.356. The summed E-state index contributed by atoms with van der Waals surface area (Å²) in [4.78, 5) is 0. The van der Waals surface area contributed by atoms with Crippen molar-refractivity contribution >= 4 is 0 Å². The number of halogens is 1. The van der Waals surface area contributed by atoms with Gasteiger partial charge in [0.15, 0.2) is 0 Å². The molecule has 10 heavy (non-hydrogen) atoms. The van der Waals surface area contributed by atoms with Gasteiger partial charge in [0.2, 0.25) is 0 Å². The molecule has 0 atom stereocenters. The van der Waals surface area contributed by atoms with Crippen molar-refractivity contribution in [2.75, 3.05) is 11.0 Å². The Morgan fingerprint density at radius 2 is 1.80 bits per heavy atom. The van der Waals surface area contributed by atoms with Crippen LogP contribution in [0.4, 0.5) is 0 Å². The van der Waals surface area contributed by atoms with Gasteiger partial charge in [-0.3, -0.25) is 0 Å². The van der Waals surface area contributed by atoms with Gasteiger partial charge >= 0.3 is 75.5 Å². The number of unbranched alkanes of at least 4 members (excludes halogenated alkanes) is 2. The van der Waals surface area contributed by atoms with E-state index in [9.17, 15) is 0 Å². The normalized spacial score (nSPS) is 10.6. The number of rotatable bonds is 7. The van der Waals surface area contributed by atoms with Gasteiger partial charge in [0.25, 0.3) is 0 Å². The monoisotopic (exact) mass is 256 g/mol. The molecule has 0 rings (SSSR count). The van der Waals surface area contributed by atoms with Gasteiger partial charge < -0.3 is 0 Å². The summed E-state index contributed by atoms with van der Waals surface area (Å²) in [5, 5.41) is 0. The van der Waals surface area contributed by atoms with Crippen LogP contribution in [0, 0.1) is 0 Å². The molecule has 1 nitrogen and oxygen atoms in total.